The van der Waals surface area contributed by atoms with E-state index in [1.807, 2.05) is 18.5 Å². The molecule has 3 heterocycles. The van der Waals surface area contributed by atoms with E-state index < -0.39 is 0 Å². The number of rotatable bonds is 3. The Bertz CT molecular complexity index is 2430. The van der Waals surface area contributed by atoms with Crippen molar-refractivity contribution in [2.75, 3.05) is 0 Å². The summed E-state index contributed by atoms with van der Waals surface area (Å²) in [4.78, 5) is 4.31. The monoisotopic (exact) mass is 535 g/mol. The minimum absolute atomic E-state index is 1.12. The standard InChI is InChI=1S/C39H25N3/c1-2-10-29(11-3-1)41-36-14-6-5-13-32(36)35-23-27-18-21-33-31-12-4-7-15-37(31)42(39(33)34(27)24-38(35)41)30-19-16-26(17-20-30)28-9-8-22-40-25-28/h1-25H. The van der Waals surface area contributed by atoms with Crippen LogP contribution < -0.4 is 0 Å². The quantitative estimate of drug-likeness (QED) is 0.221. The molecule has 0 aliphatic carbocycles. The van der Waals surface area contributed by atoms with Crippen molar-refractivity contribution in [2.45, 2.75) is 0 Å². The fourth-order valence-corrected chi connectivity index (χ4v) is 6.71. The average Bonchev–Trinajstić information content (AvgIpc) is 3.57. The van der Waals surface area contributed by atoms with Crippen LogP contribution in [0.3, 0.4) is 0 Å². The lowest BCUT2D eigenvalue weighted by Gasteiger charge is -2.12. The predicted octanol–water partition coefficient (Wildman–Crippen LogP) is 10.1. The van der Waals surface area contributed by atoms with Gasteiger partial charge in [0.15, 0.2) is 0 Å². The van der Waals surface area contributed by atoms with E-state index >= 15 is 0 Å². The van der Waals surface area contributed by atoms with Crippen molar-refractivity contribution in [1.82, 2.24) is 14.1 Å². The Morgan fingerprint density at radius 2 is 1.10 bits per heavy atom. The third kappa shape index (κ3) is 3.31. The van der Waals surface area contributed by atoms with Crippen LogP contribution in [0.4, 0.5) is 0 Å². The van der Waals surface area contributed by atoms with Crippen molar-refractivity contribution in [1.29, 1.82) is 0 Å². The van der Waals surface area contributed by atoms with Gasteiger partial charge in [-0.25, -0.2) is 0 Å². The minimum Gasteiger partial charge on any atom is -0.309 e. The van der Waals surface area contributed by atoms with E-state index in [2.05, 4.69) is 148 Å². The number of aromatic nitrogens is 3. The highest BCUT2D eigenvalue weighted by Crippen LogP contribution is 2.40. The van der Waals surface area contributed by atoms with Crippen LogP contribution in [0.1, 0.15) is 0 Å². The van der Waals surface area contributed by atoms with Gasteiger partial charge in [0.1, 0.15) is 0 Å². The molecule has 0 aliphatic rings. The molecule has 0 saturated heterocycles. The molecule has 42 heavy (non-hydrogen) atoms. The summed E-state index contributed by atoms with van der Waals surface area (Å²) < 4.78 is 4.83. The zero-order valence-electron chi connectivity index (χ0n) is 22.8. The van der Waals surface area contributed by atoms with Gasteiger partial charge >= 0.3 is 0 Å². The summed E-state index contributed by atoms with van der Waals surface area (Å²) in [7, 11) is 0. The normalized spacial score (nSPS) is 11.8. The molecule has 0 bridgehead atoms. The molecule has 0 aliphatic heterocycles. The van der Waals surface area contributed by atoms with Crippen molar-refractivity contribution in [3.8, 4) is 22.5 Å². The van der Waals surface area contributed by atoms with Gasteiger partial charge in [-0.05, 0) is 71.1 Å². The molecule has 0 fully saturated rings. The molecule has 3 nitrogen and oxygen atoms in total. The lowest BCUT2D eigenvalue weighted by molar-refractivity contribution is 1.18. The molecule has 0 saturated carbocycles. The third-order valence-electron chi connectivity index (χ3n) is 8.58. The molecular formula is C39H25N3. The highest BCUT2D eigenvalue weighted by Gasteiger charge is 2.18. The number of benzene rings is 6. The molecule has 9 aromatic rings. The molecule has 0 atom stereocenters. The fourth-order valence-electron chi connectivity index (χ4n) is 6.71. The van der Waals surface area contributed by atoms with E-state index in [9.17, 15) is 0 Å². The largest absolute Gasteiger partial charge is 0.309 e. The molecule has 0 radical (unpaired) electrons. The van der Waals surface area contributed by atoms with Gasteiger partial charge in [0.25, 0.3) is 0 Å². The maximum atomic E-state index is 4.31. The Balaban J connectivity index is 1.39. The Morgan fingerprint density at radius 3 is 1.86 bits per heavy atom. The Hall–Kier alpha value is -5.67. The third-order valence-corrected chi connectivity index (χ3v) is 8.58. The van der Waals surface area contributed by atoms with Crippen LogP contribution in [0.2, 0.25) is 0 Å². The Morgan fingerprint density at radius 1 is 0.405 bits per heavy atom. The first-order chi connectivity index (χ1) is 20.8. The second-order valence-corrected chi connectivity index (χ2v) is 10.9. The second kappa shape index (κ2) is 8.92. The van der Waals surface area contributed by atoms with Crippen molar-refractivity contribution >= 4 is 54.4 Å². The molecule has 9 rings (SSSR count). The molecule has 0 unspecified atom stereocenters. The van der Waals surface area contributed by atoms with Crippen LogP contribution in [-0.2, 0) is 0 Å². The van der Waals surface area contributed by atoms with Crippen molar-refractivity contribution < 1.29 is 0 Å². The Labute approximate surface area is 242 Å². The Kier molecular flexibility index (Phi) is 4.90. The van der Waals surface area contributed by atoms with Gasteiger partial charge in [-0.3, -0.25) is 4.98 Å². The maximum Gasteiger partial charge on any atom is 0.0620 e. The summed E-state index contributed by atoms with van der Waals surface area (Å²) >= 11 is 0. The molecule has 3 aromatic heterocycles. The van der Waals surface area contributed by atoms with Crippen molar-refractivity contribution in [3.63, 3.8) is 0 Å². The van der Waals surface area contributed by atoms with Gasteiger partial charge in [0, 0.05) is 50.7 Å². The lowest BCUT2D eigenvalue weighted by atomic mass is 10.0. The summed E-state index contributed by atoms with van der Waals surface area (Å²) in [6.07, 6.45) is 3.73. The van der Waals surface area contributed by atoms with Gasteiger partial charge in [-0.15, -0.1) is 0 Å². The number of fused-ring (bicyclic) bond motifs is 8. The van der Waals surface area contributed by atoms with E-state index in [4.69, 9.17) is 0 Å². The molecule has 0 spiro atoms. The first-order valence-corrected chi connectivity index (χ1v) is 14.3. The van der Waals surface area contributed by atoms with Gasteiger partial charge in [0.05, 0.1) is 22.1 Å². The SMILES string of the molecule is c1ccc(-n2c3ccccc3c3cc4ccc5c6ccccc6n(-c6ccc(-c7cccnc7)cc6)c5c4cc32)cc1. The van der Waals surface area contributed by atoms with Crippen LogP contribution in [0, 0.1) is 0 Å². The number of pyridine rings is 1. The van der Waals surface area contributed by atoms with Crippen LogP contribution in [0.5, 0.6) is 0 Å². The first-order valence-electron chi connectivity index (χ1n) is 14.3. The summed E-state index contributed by atoms with van der Waals surface area (Å²) in [6.45, 7) is 0. The van der Waals surface area contributed by atoms with E-state index in [-0.39, 0.29) is 0 Å². The molecular weight excluding hydrogens is 510 g/mol. The number of hydrogen-bond donors (Lipinski definition) is 0. The maximum absolute atomic E-state index is 4.31. The molecule has 0 amide bonds. The number of nitrogens with zero attached hydrogens (tertiary/aromatic N) is 3. The smallest absolute Gasteiger partial charge is 0.0620 e. The number of hydrogen-bond acceptors (Lipinski definition) is 1. The van der Waals surface area contributed by atoms with Gasteiger partial charge < -0.3 is 9.13 Å². The summed E-state index contributed by atoms with van der Waals surface area (Å²) in [6, 6.07) is 50.5. The zero-order chi connectivity index (χ0) is 27.6. The van der Waals surface area contributed by atoms with E-state index in [1.165, 1.54) is 60.1 Å². The topological polar surface area (TPSA) is 22.8 Å². The second-order valence-electron chi connectivity index (χ2n) is 10.9. The van der Waals surface area contributed by atoms with Crippen LogP contribution >= 0.6 is 0 Å². The predicted molar refractivity (Wildman–Crippen MR) is 176 cm³/mol. The van der Waals surface area contributed by atoms with Crippen LogP contribution in [0.25, 0.3) is 76.9 Å². The molecule has 3 heteroatoms. The van der Waals surface area contributed by atoms with Crippen molar-refractivity contribution in [2.24, 2.45) is 0 Å². The fraction of sp³-hybridized carbons (Fsp3) is 0. The lowest BCUT2D eigenvalue weighted by Crippen LogP contribution is -1.95. The van der Waals surface area contributed by atoms with Crippen LogP contribution in [-0.4, -0.2) is 14.1 Å². The summed E-state index contributed by atoms with van der Waals surface area (Å²) in [5, 5.41) is 7.54. The average molecular weight is 536 g/mol. The van der Waals surface area contributed by atoms with E-state index in [0.29, 0.717) is 0 Å². The molecule has 0 N–H and O–H groups in total. The van der Waals surface area contributed by atoms with Gasteiger partial charge in [-0.2, -0.15) is 0 Å². The minimum atomic E-state index is 1.12. The summed E-state index contributed by atoms with van der Waals surface area (Å²) in [5.74, 6) is 0. The molecule has 196 valence electrons. The summed E-state index contributed by atoms with van der Waals surface area (Å²) in [5.41, 5.74) is 9.46. The zero-order valence-corrected chi connectivity index (χ0v) is 22.8. The van der Waals surface area contributed by atoms with E-state index in [0.717, 1.165) is 16.8 Å². The van der Waals surface area contributed by atoms with Gasteiger partial charge in [-0.1, -0.05) is 84.9 Å². The van der Waals surface area contributed by atoms with Crippen LogP contribution in [0.15, 0.2) is 152 Å². The van der Waals surface area contributed by atoms with Gasteiger partial charge in [0.2, 0.25) is 0 Å². The molecule has 6 aromatic carbocycles. The first kappa shape index (κ1) is 23.1. The van der Waals surface area contributed by atoms with Crippen molar-refractivity contribution in [3.05, 3.63) is 152 Å². The van der Waals surface area contributed by atoms with E-state index in [1.54, 1.807) is 0 Å². The highest BCUT2D eigenvalue weighted by molar-refractivity contribution is 6.22. The highest BCUT2D eigenvalue weighted by atomic mass is 15.0. The number of para-hydroxylation sites is 3.